The van der Waals surface area contributed by atoms with Crippen LogP contribution in [0.4, 0.5) is 4.39 Å². The Kier molecular flexibility index (Phi) is 4.76. The molecule has 0 spiro atoms. The maximum absolute atomic E-state index is 13.0. The van der Waals surface area contributed by atoms with E-state index in [1.807, 2.05) is 6.07 Å². The van der Waals surface area contributed by atoms with Gasteiger partial charge in [-0.15, -0.1) is 0 Å². The molecule has 1 aromatic carbocycles. The van der Waals surface area contributed by atoms with Gasteiger partial charge in [-0.3, -0.25) is 0 Å². The van der Waals surface area contributed by atoms with Crippen LogP contribution in [0.25, 0.3) is 0 Å². The number of halogens is 1. The third kappa shape index (κ3) is 3.63. The van der Waals surface area contributed by atoms with Gasteiger partial charge >= 0.3 is 0 Å². The first kappa shape index (κ1) is 12.2. The highest BCUT2D eigenvalue weighted by molar-refractivity contribution is 5.19. The van der Waals surface area contributed by atoms with Crippen molar-refractivity contribution >= 4 is 0 Å². The van der Waals surface area contributed by atoms with Gasteiger partial charge in [0.25, 0.3) is 0 Å². The predicted octanol–water partition coefficient (Wildman–Crippen LogP) is 3.65. The quantitative estimate of drug-likeness (QED) is 0.787. The van der Waals surface area contributed by atoms with Gasteiger partial charge in [-0.25, -0.2) is 4.39 Å². The summed E-state index contributed by atoms with van der Waals surface area (Å²) in [7, 11) is 0. The van der Waals surface area contributed by atoms with Crippen LogP contribution >= 0.6 is 0 Å². The molecule has 2 N–H and O–H groups in total. The fourth-order valence-corrected chi connectivity index (χ4v) is 1.85. The third-order valence-corrected chi connectivity index (χ3v) is 3.02. The Hall–Kier alpha value is -0.890. The van der Waals surface area contributed by atoms with Crippen molar-refractivity contribution in [2.75, 3.05) is 0 Å². The Morgan fingerprint density at radius 1 is 1.27 bits per heavy atom. The van der Waals surface area contributed by atoms with Crippen LogP contribution in [0.3, 0.4) is 0 Å². The van der Waals surface area contributed by atoms with Gasteiger partial charge in [0.2, 0.25) is 0 Å². The minimum atomic E-state index is -0.201. The van der Waals surface area contributed by atoms with Crippen LogP contribution in [-0.2, 0) is 0 Å². The van der Waals surface area contributed by atoms with Gasteiger partial charge in [0.05, 0.1) is 0 Å². The van der Waals surface area contributed by atoms with Crippen molar-refractivity contribution in [3.8, 4) is 0 Å². The lowest BCUT2D eigenvalue weighted by molar-refractivity contribution is 0.414. The monoisotopic (exact) mass is 209 g/mol. The van der Waals surface area contributed by atoms with E-state index in [0.29, 0.717) is 5.92 Å². The lowest BCUT2D eigenvalue weighted by atomic mass is 9.92. The molecule has 0 bridgehead atoms. The number of rotatable bonds is 5. The number of hydrogen-bond donors (Lipinski definition) is 1. The van der Waals surface area contributed by atoms with Crippen LogP contribution in [0.15, 0.2) is 24.3 Å². The second-order valence-electron chi connectivity index (χ2n) is 4.08. The summed E-state index contributed by atoms with van der Waals surface area (Å²) in [5.74, 6) is 0.441. The molecular weight excluding hydrogens is 189 g/mol. The summed E-state index contributed by atoms with van der Waals surface area (Å²) >= 11 is 0. The van der Waals surface area contributed by atoms with E-state index in [-0.39, 0.29) is 11.9 Å². The Labute approximate surface area is 91.5 Å². The van der Waals surface area contributed by atoms with Crippen molar-refractivity contribution in [2.24, 2.45) is 11.7 Å². The van der Waals surface area contributed by atoms with Gasteiger partial charge in [-0.05, 0) is 30.0 Å². The SMILES string of the molecule is CCC(CC)CC(N)c1cccc(F)c1. The average molecular weight is 209 g/mol. The van der Waals surface area contributed by atoms with E-state index < -0.39 is 0 Å². The largest absolute Gasteiger partial charge is 0.324 e. The molecule has 0 radical (unpaired) electrons. The zero-order valence-corrected chi connectivity index (χ0v) is 9.54. The van der Waals surface area contributed by atoms with Crippen molar-refractivity contribution < 1.29 is 4.39 Å². The smallest absolute Gasteiger partial charge is 0.123 e. The Morgan fingerprint density at radius 3 is 2.47 bits per heavy atom. The summed E-state index contributed by atoms with van der Waals surface area (Å²) in [5.41, 5.74) is 6.95. The summed E-state index contributed by atoms with van der Waals surface area (Å²) in [4.78, 5) is 0. The molecule has 0 heterocycles. The second-order valence-corrected chi connectivity index (χ2v) is 4.08. The molecular formula is C13H20FN. The summed E-state index contributed by atoms with van der Waals surface area (Å²) in [5, 5.41) is 0. The molecule has 0 aliphatic rings. The molecule has 1 atom stereocenters. The fourth-order valence-electron chi connectivity index (χ4n) is 1.85. The van der Waals surface area contributed by atoms with Gasteiger partial charge in [-0.2, -0.15) is 0 Å². The fraction of sp³-hybridized carbons (Fsp3) is 0.538. The van der Waals surface area contributed by atoms with E-state index in [0.717, 1.165) is 24.8 Å². The van der Waals surface area contributed by atoms with E-state index in [2.05, 4.69) is 13.8 Å². The van der Waals surface area contributed by atoms with E-state index >= 15 is 0 Å². The molecule has 15 heavy (non-hydrogen) atoms. The second kappa shape index (κ2) is 5.86. The lowest BCUT2D eigenvalue weighted by Gasteiger charge is -2.18. The molecule has 1 unspecified atom stereocenters. The van der Waals surface area contributed by atoms with Crippen molar-refractivity contribution in [3.05, 3.63) is 35.6 Å². The van der Waals surface area contributed by atoms with Gasteiger partial charge in [-0.1, -0.05) is 38.8 Å². The van der Waals surface area contributed by atoms with Gasteiger partial charge < -0.3 is 5.73 Å². The molecule has 1 nitrogen and oxygen atoms in total. The minimum Gasteiger partial charge on any atom is -0.324 e. The standard InChI is InChI=1S/C13H20FN/c1-3-10(4-2)8-13(15)11-6-5-7-12(14)9-11/h5-7,9-10,13H,3-4,8,15H2,1-2H3. The van der Waals surface area contributed by atoms with Crippen molar-refractivity contribution in [1.82, 2.24) is 0 Å². The van der Waals surface area contributed by atoms with E-state index in [9.17, 15) is 4.39 Å². The van der Waals surface area contributed by atoms with Crippen LogP contribution in [-0.4, -0.2) is 0 Å². The molecule has 1 aromatic rings. The normalized spacial score (nSPS) is 13.1. The number of hydrogen-bond acceptors (Lipinski definition) is 1. The highest BCUT2D eigenvalue weighted by atomic mass is 19.1. The summed E-state index contributed by atoms with van der Waals surface area (Å²) < 4.78 is 13.0. The molecule has 2 heteroatoms. The van der Waals surface area contributed by atoms with Crippen LogP contribution in [0.5, 0.6) is 0 Å². The highest BCUT2D eigenvalue weighted by Crippen LogP contribution is 2.23. The average Bonchev–Trinajstić information content (AvgIpc) is 2.25. The third-order valence-electron chi connectivity index (χ3n) is 3.02. The topological polar surface area (TPSA) is 26.0 Å². The van der Waals surface area contributed by atoms with Gasteiger partial charge in [0.1, 0.15) is 5.82 Å². The van der Waals surface area contributed by atoms with E-state index in [1.165, 1.54) is 12.1 Å². The van der Waals surface area contributed by atoms with E-state index in [4.69, 9.17) is 5.73 Å². The molecule has 0 saturated heterocycles. The first-order chi connectivity index (χ1) is 7.17. The molecule has 0 amide bonds. The predicted molar refractivity (Wildman–Crippen MR) is 62.0 cm³/mol. The summed E-state index contributed by atoms with van der Waals surface area (Å²) in [6, 6.07) is 6.57. The highest BCUT2D eigenvalue weighted by Gasteiger charge is 2.12. The first-order valence-corrected chi connectivity index (χ1v) is 5.68. The molecule has 1 rings (SSSR count). The zero-order valence-electron chi connectivity index (χ0n) is 9.54. The molecule has 84 valence electrons. The lowest BCUT2D eigenvalue weighted by Crippen LogP contribution is -2.15. The van der Waals surface area contributed by atoms with Crippen LogP contribution < -0.4 is 5.73 Å². The number of benzene rings is 1. The molecule has 0 fully saturated rings. The zero-order chi connectivity index (χ0) is 11.3. The van der Waals surface area contributed by atoms with Gasteiger partial charge in [0, 0.05) is 6.04 Å². The summed E-state index contributed by atoms with van der Waals surface area (Å²) in [6.45, 7) is 4.35. The van der Waals surface area contributed by atoms with Crippen molar-refractivity contribution in [1.29, 1.82) is 0 Å². The number of nitrogens with two attached hydrogens (primary N) is 1. The molecule has 0 aliphatic carbocycles. The van der Waals surface area contributed by atoms with Crippen LogP contribution in [0.1, 0.15) is 44.7 Å². The summed E-state index contributed by atoms with van der Waals surface area (Å²) in [6.07, 6.45) is 3.22. The van der Waals surface area contributed by atoms with Crippen LogP contribution in [0.2, 0.25) is 0 Å². The van der Waals surface area contributed by atoms with Gasteiger partial charge in [0.15, 0.2) is 0 Å². The van der Waals surface area contributed by atoms with Crippen molar-refractivity contribution in [2.45, 2.75) is 39.2 Å². The Bertz CT molecular complexity index is 294. The maximum Gasteiger partial charge on any atom is 0.123 e. The molecule has 0 aromatic heterocycles. The van der Waals surface area contributed by atoms with Crippen LogP contribution in [0, 0.1) is 11.7 Å². The van der Waals surface area contributed by atoms with Crippen molar-refractivity contribution in [3.63, 3.8) is 0 Å². The maximum atomic E-state index is 13.0. The Balaban J connectivity index is 2.64. The molecule has 0 saturated carbocycles. The van der Waals surface area contributed by atoms with E-state index in [1.54, 1.807) is 6.07 Å². The Morgan fingerprint density at radius 2 is 1.93 bits per heavy atom. The first-order valence-electron chi connectivity index (χ1n) is 5.68. The minimum absolute atomic E-state index is 0.0365. The molecule has 0 aliphatic heterocycles.